The van der Waals surface area contributed by atoms with Gasteiger partial charge in [0.25, 0.3) is 0 Å². The summed E-state index contributed by atoms with van der Waals surface area (Å²) >= 11 is 0. The van der Waals surface area contributed by atoms with Gasteiger partial charge in [0.2, 0.25) is 0 Å². The lowest BCUT2D eigenvalue weighted by Gasteiger charge is -2.24. The number of anilines is 1. The molecule has 0 fully saturated rings. The van der Waals surface area contributed by atoms with Crippen molar-refractivity contribution in [3.63, 3.8) is 0 Å². The summed E-state index contributed by atoms with van der Waals surface area (Å²) in [7, 11) is 0. The van der Waals surface area contributed by atoms with Crippen LogP contribution < -0.4 is 4.90 Å². The molecule has 7 heteroatoms. The van der Waals surface area contributed by atoms with Crippen LogP contribution in [0.1, 0.15) is 26.3 Å². The molecule has 0 bridgehead atoms. The summed E-state index contributed by atoms with van der Waals surface area (Å²) in [6.45, 7) is 5.55. The molecule has 0 amide bonds. The number of ether oxygens (including phenoxy) is 2. The molecule has 0 aliphatic carbocycles. The molecule has 1 rings (SSSR count). The fraction of sp³-hybridized carbons (Fsp3) is 0.389. The SMILES string of the molecule is CC(=O)OCCN(CCOC(C)=O)c1ccc(/C=C(\C)C(=O)O)cc1. The molecule has 25 heavy (non-hydrogen) atoms. The summed E-state index contributed by atoms with van der Waals surface area (Å²) in [4.78, 5) is 34.6. The number of hydrogen-bond acceptors (Lipinski definition) is 6. The normalized spacial score (nSPS) is 10.9. The largest absolute Gasteiger partial charge is 0.478 e. The number of hydrogen-bond donors (Lipinski definition) is 1. The van der Waals surface area contributed by atoms with Gasteiger partial charge in [0.05, 0.1) is 13.1 Å². The first kappa shape index (κ1) is 20.2. The van der Waals surface area contributed by atoms with Crippen molar-refractivity contribution in [3.8, 4) is 0 Å². The minimum Gasteiger partial charge on any atom is -0.478 e. The van der Waals surface area contributed by atoms with E-state index in [0.29, 0.717) is 13.1 Å². The molecule has 1 N–H and O–H groups in total. The zero-order valence-electron chi connectivity index (χ0n) is 14.7. The average molecular weight is 349 g/mol. The predicted molar refractivity (Wildman–Crippen MR) is 93.2 cm³/mol. The minimum absolute atomic E-state index is 0.217. The number of aliphatic carboxylic acids is 1. The van der Waals surface area contributed by atoms with E-state index < -0.39 is 5.97 Å². The number of nitrogens with zero attached hydrogens (tertiary/aromatic N) is 1. The van der Waals surface area contributed by atoms with Gasteiger partial charge < -0.3 is 19.5 Å². The number of carboxylic acids is 1. The van der Waals surface area contributed by atoms with Crippen molar-refractivity contribution < 1.29 is 29.0 Å². The summed E-state index contributed by atoms with van der Waals surface area (Å²) in [5, 5.41) is 8.91. The number of rotatable bonds is 9. The van der Waals surface area contributed by atoms with Gasteiger partial charge in [-0.2, -0.15) is 0 Å². The molecule has 0 heterocycles. The molecule has 7 nitrogen and oxygen atoms in total. The van der Waals surface area contributed by atoms with Crippen LogP contribution in [0, 0.1) is 0 Å². The second-order valence-corrected chi connectivity index (χ2v) is 5.39. The zero-order chi connectivity index (χ0) is 18.8. The van der Waals surface area contributed by atoms with Gasteiger partial charge in [-0.1, -0.05) is 12.1 Å². The second kappa shape index (κ2) is 10.1. The maximum absolute atomic E-state index is 10.9. The number of carboxylic acid groups (broad SMARTS) is 1. The van der Waals surface area contributed by atoms with Crippen LogP contribution in [-0.4, -0.2) is 49.3 Å². The van der Waals surface area contributed by atoms with E-state index in [1.807, 2.05) is 17.0 Å². The van der Waals surface area contributed by atoms with Crippen LogP contribution in [0.2, 0.25) is 0 Å². The van der Waals surface area contributed by atoms with Gasteiger partial charge in [-0.05, 0) is 30.7 Å². The molecule has 0 spiro atoms. The van der Waals surface area contributed by atoms with Gasteiger partial charge in [-0.3, -0.25) is 9.59 Å². The fourth-order valence-corrected chi connectivity index (χ4v) is 2.06. The third kappa shape index (κ3) is 8.01. The molecule has 1 aromatic rings. The van der Waals surface area contributed by atoms with Crippen molar-refractivity contribution >= 4 is 29.7 Å². The number of carbonyl (C=O) groups is 3. The van der Waals surface area contributed by atoms with Gasteiger partial charge in [0.1, 0.15) is 13.2 Å². The van der Waals surface area contributed by atoms with Gasteiger partial charge >= 0.3 is 17.9 Å². The maximum Gasteiger partial charge on any atom is 0.331 e. The van der Waals surface area contributed by atoms with Gasteiger partial charge in [0.15, 0.2) is 0 Å². The molecule has 136 valence electrons. The van der Waals surface area contributed by atoms with Crippen LogP contribution in [0.3, 0.4) is 0 Å². The lowest BCUT2D eigenvalue weighted by atomic mass is 10.1. The Morgan fingerprint density at radius 2 is 1.44 bits per heavy atom. The molecule has 0 saturated carbocycles. The minimum atomic E-state index is -0.964. The maximum atomic E-state index is 10.9. The van der Waals surface area contributed by atoms with E-state index in [4.69, 9.17) is 14.6 Å². The number of esters is 2. The monoisotopic (exact) mass is 349 g/mol. The highest BCUT2D eigenvalue weighted by Crippen LogP contribution is 2.17. The molecule has 1 aromatic carbocycles. The Kier molecular flexibility index (Phi) is 8.18. The zero-order valence-corrected chi connectivity index (χ0v) is 14.7. The third-order valence-electron chi connectivity index (χ3n) is 3.31. The van der Waals surface area contributed by atoms with Gasteiger partial charge in [-0.15, -0.1) is 0 Å². The topological polar surface area (TPSA) is 93.1 Å². The highest BCUT2D eigenvalue weighted by atomic mass is 16.5. The summed E-state index contributed by atoms with van der Waals surface area (Å²) in [6, 6.07) is 7.27. The summed E-state index contributed by atoms with van der Waals surface area (Å²) in [6.07, 6.45) is 1.58. The van der Waals surface area contributed by atoms with E-state index >= 15 is 0 Å². The Morgan fingerprint density at radius 1 is 0.960 bits per heavy atom. The lowest BCUT2D eigenvalue weighted by molar-refractivity contribution is -0.141. The highest BCUT2D eigenvalue weighted by molar-refractivity contribution is 5.91. The van der Waals surface area contributed by atoms with Crippen LogP contribution in [0.25, 0.3) is 6.08 Å². The molecular weight excluding hydrogens is 326 g/mol. The molecule has 0 saturated heterocycles. The molecule has 0 aliphatic heterocycles. The molecular formula is C18H23NO6. The van der Waals surface area contributed by atoms with E-state index in [0.717, 1.165) is 11.3 Å². The van der Waals surface area contributed by atoms with Crippen LogP contribution >= 0.6 is 0 Å². The van der Waals surface area contributed by atoms with Crippen molar-refractivity contribution in [1.82, 2.24) is 0 Å². The van der Waals surface area contributed by atoms with Gasteiger partial charge in [0, 0.05) is 25.1 Å². The van der Waals surface area contributed by atoms with E-state index in [-0.39, 0.29) is 30.7 Å². The third-order valence-corrected chi connectivity index (χ3v) is 3.31. The van der Waals surface area contributed by atoms with Crippen molar-refractivity contribution in [1.29, 1.82) is 0 Å². The van der Waals surface area contributed by atoms with Crippen molar-refractivity contribution in [2.75, 3.05) is 31.2 Å². The molecule has 0 radical (unpaired) electrons. The van der Waals surface area contributed by atoms with Crippen LogP contribution in [0.4, 0.5) is 5.69 Å². The Morgan fingerprint density at radius 3 is 1.84 bits per heavy atom. The Bertz CT molecular complexity index is 615. The number of benzene rings is 1. The standard InChI is InChI=1S/C18H23NO6/c1-13(18(22)23)12-16-4-6-17(7-5-16)19(8-10-24-14(2)20)9-11-25-15(3)21/h4-7,12H,8-11H2,1-3H3,(H,22,23)/b13-12+. The van der Waals surface area contributed by atoms with Crippen molar-refractivity contribution in [2.24, 2.45) is 0 Å². The average Bonchev–Trinajstić information content (AvgIpc) is 2.53. The van der Waals surface area contributed by atoms with Crippen molar-refractivity contribution in [2.45, 2.75) is 20.8 Å². The summed E-state index contributed by atoms with van der Waals surface area (Å²) in [5.74, 6) is -1.68. The molecule has 0 aliphatic rings. The lowest BCUT2D eigenvalue weighted by Crippen LogP contribution is -2.31. The first-order valence-electron chi connectivity index (χ1n) is 7.83. The molecule has 0 atom stereocenters. The summed E-state index contributed by atoms with van der Waals surface area (Å²) in [5.41, 5.74) is 1.86. The van der Waals surface area contributed by atoms with Crippen molar-refractivity contribution in [3.05, 3.63) is 35.4 Å². The Balaban J connectivity index is 2.81. The quantitative estimate of drug-likeness (QED) is 0.539. The summed E-state index contributed by atoms with van der Waals surface area (Å²) < 4.78 is 9.92. The smallest absolute Gasteiger partial charge is 0.331 e. The van der Waals surface area contributed by atoms with E-state index in [2.05, 4.69) is 0 Å². The van der Waals surface area contributed by atoms with Crippen LogP contribution in [0.5, 0.6) is 0 Å². The Labute approximate surface area is 146 Å². The predicted octanol–water partition coefficient (Wildman–Crippen LogP) is 2.11. The van der Waals surface area contributed by atoms with Crippen LogP contribution in [0.15, 0.2) is 29.8 Å². The molecule has 0 aromatic heterocycles. The van der Waals surface area contributed by atoms with Crippen LogP contribution in [-0.2, 0) is 23.9 Å². The number of carbonyl (C=O) groups excluding carboxylic acids is 2. The van der Waals surface area contributed by atoms with E-state index in [9.17, 15) is 14.4 Å². The first-order chi connectivity index (χ1) is 11.8. The first-order valence-corrected chi connectivity index (χ1v) is 7.83. The second-order valence-electron chi connectivity index (χ2n) is 5.39. The van der Waals surface area contributed by atoms with Gasteiger partial charge in [-0.25, -0.2) is 4.79 Å². The highest BCUT2D eigenvalue weighted by Gasteiger charge is 2.09. The fourth-order valence-electron chi connectivity index (χ4n) is 2.06. The molecule has 0 unspecified atom stereocenters. The van der Waals surface area contributed by atoms with E-state index in [1.54, 1.807) is 18.2 Å². The Hall–Kier alpha value is -2.83. The van der Waals surface area contributed by atoms with E-state index in [1.165, 1.54) is 20.8 Å².